The lowest BCUT2D eigenvalue weighted by Crippen LogP contribution is -2.30. The van der Waals surface area contributed by atoms with Crippen molar-refractivity contribution in [1.29, 1.82) is 0 Å². The highest BCUT2D eigenvalue weighted by molar-refractivity contribution is 5.97. The van der Waals surface area contributed by atoms with Crippen LogP contribution in [0.15, 0.2) is 21.7 Å². The molecule has 0 unspecified atom stereocenters. The zero-order chi connectivity index (χ0) is 18.7. The second kappa shape index (κ2) is 7.04. The number of anilines is 2. The number of rotatable bonds is 4. The van der Waals surface area contributed by atoms with Gasteiger partial charge in [0.1, 0.15) is 5.69 Å². The summed E-state index contributed by atoms with van der Waals surface area (Å²) in [6, 6.07) is 3.83. The smallest absolute Gasteiger partial charge is 0.357 e. The molecule has 5 N–H and O–H groups in total. The third kappa shape index (κ3) is 4.14. The molecule has 0 spiro atoms. The van der Waals surface area contributed by atoms with Crippen LogP contribution in [0.4, 0.5) is 11.4 Å². The molecule has 0 saturated heterocycles. The molecule has 2 aromatic rings. The molecule has 1 aromatic heterocycles. The highest BCUT2D eigenvalue weighted by Gasteiger charge is 2.17. The van der Waals surface area contributed by atoms with Crippen molar-refractivity contribution in [2.24, 2.45) is 0 Å². The number of amides is 1. The third-order valence-electron chi connectivity index (χ3n) is 3.46. The van der Waals surface area contributed by atoms with Crippen LogP contribution in [0.2, 0.25) is 0 Å². The first-order valence-corrected chi connectivity index (χ1v) is 7.36. The number of benzene rings is 1. The van der Waals surface area contributed by atoms with Crippen molar-refractivity contribution in [2.45, 2.75) is 20.8 Å². The monoisotopic (exact) mass is 346 g/mol. The van der Waals surface area contributed by atoms with E-state index in [0.717, 1.165) is 16.7 Å². The molecule has 0 fully saturated rings. The Balaban J connectivity index is 2.07. The largest absolute Gasteiger partial charge is 0.451 e. The summed E-state index contributed by atoms with van der Waals surface area (Å²) >= 11 is 0. The number of esters is 1. The summed E-state index contributed by atoms with van der Waals surface area (Å²) in [5.41, 5.74) is 6.07. The molecule has 1 amide bonds. The molecular weight excluding hydrogens is 328 g/mol. The van der Waals surface area contributed by atoms with E-state index in [0.29, 0.717) is 5.69 Å². The van der Waals surface area contributed by atoms with Gasteiger partial charge in [0.05, 0.1) is 0 Å². The lowest BCUT2D eigenvalue weighted by Gasteiger charge is -2.13. The predicted octanol–water partition coefficient (Wildman–Crippen LogP) is 0.366. The molecule has 132 valence electrons. The number of hydrogen-bond acceptors (Lipinski definition) is 6. The molecule has 9 heteroatoms. The van der Waals surface area contributed by atoms with Gasteiger partial charge in [-0.05, 0) is 31.9 Å². The van der Waals surface area contributed by atoms with Gasteiger partial charge < -0.3 is 15.8 Å². The van der Waals surface area contributed by atoms with E-state index in [2.05, 4.69) is 10.3 Å². The van der Waals surface area contributed by atoms with Crippen LogP contribution in [-0.2, 0) is 9.53 Å². The van der Waals surface area contributed by atoms with E-state index < -0.39 is 41.1 Å². The molecule has 0 aliphatic carbocycles. The van der Waals surface area contributed by atoms with E-state index in [-0.39, 0.29) is 0 Å². The van der Waals surface area contributed by atoms with E-state index in [9.17, 15) is 19.2 Å². The quantitative estimate of drug-likeness (QED) is 0.588. The number of nitrogens with one attached hydrogen (secondary N) is 3. The maximum atomic E-state index is 12.0. The van der Waals surface area contributed by atoms with Crippen molar-refractivity contribution in [1.82, 2.24) is 9.97 Å². The summed E-state index contributed by atoms with van der Waals surface area (Å²) in [5, 5.41) is 2.66. The SMILES string of the molecule is Cc1cc(C)c(NC(=O)COC(=O)c2[nH]c(=O)[nH]c(=O)c2N)c(C)c1. The molecule has 0 aliphatic rings. The van der Waals surface area contributed by atoms with Crippen LogP contribution in [0.5, 0.6) is 0 Å². The van der Waals surface area contributed by atoms with Crippen LogP contribution in [0.1, 0.15) is 27.2 Å². The molecule has 2 rings (SSSR count). The minimum absolute atomic E-state index is 0.491. The Labute approximate surface area is 142 Å². The Morgan fingerprint density at radius 2 is 1.72 bits per heavy atom. The summed E-state index contributed by atoms with van der Waals surface area (Å²) in [4.78, 5) is 50.4. The van der Waals surface area contributed by atoms with E-state index in [4.69, 9.17) is 10.5 Å². The third-order valence-corrected chi connectivity index (χ3v) is 3.46. The van der Waals surface area contributed by atoms with Crippen LogP contribution < -0.4 is 22.3 Å². The van der Waals surface area contributed by atoms with Gasteiger partial charge in [0.15, 0.2) is 12.3 Å². The Bertz CT molecular complexity index is 935. The van der Waals surface area contributed by atoms with E-state index >= 15 is 0 Å². The van der Waals surface area contributed by atoms with Crippen molar-refractivity contribution in [2.75, 3.05) is 17.7 Å². The normalized spacial score (nSPS) is 10.4. The van der Waals surface area contributed by atoms with Crippen LogP contribution >= 0.6 is 0 Å². The highest BCUT2D eigenvalue weighted by atomic mass is 16.5. The topological polar surface area (TPSA) is 147 Å². The van der Waals surface area contributed by atoms with Crippen molar-refractivity contribution in [3.63, 3.8) is 0 Å². The second-order valence-electron chi connectivity index (χ2n) is 5.59. The van der Waals surface area contributed by atoms with Gasteiger partial charge in [0.25, 0.3) is 11.5 Å². The number of carbonyl (C=O) groups is 2. The highest BCUT2D eigenvalue weighted by Crippen LogP contribution is 2.21. The fourth-order valence-electron chi connectivity index (χ4n) is 2.41. The van der Waals surface area contributed by atoms with Crippen LogP contribution in [0, 0.1) is 20.8 Å². The maximum absolute atomic E-state index is 12.0. The Morgan fingerprint density at radius 3 is 2.32 bits per heavy atom. The summed E-state index contributed by atoms with van der Waals surface area (Å²) < 4.78 is 4.80. The van der Waals surface area contributed by atoms with Crippen LogP contribution in [0.25, 0.3) is 0 Å². The van der Waals surface area contributed by atoms with Gasteiger partial charge in [-0.1, -0.05) is 17.7 Å². The number of aromatic amines is 2. The molecule has 0 saturated carbocycles. The number of hydrogen-bond donors (Lipinski definition) is 4. The zero-order valence-electron chi connectivity index (χ0n) is 14.0. The number of nitrogens with two attached hydrogens (primary N) is 1. The average Bonchev–Trinajstić information content (AvgIpc) is 2.52. The molecule has 0 radical (unpaired) electrons. The minimum atomic E-state index is -1.08. The van der Waals surface area contributed by atoms with Crippen molar-refractivity contribution in [3.8, 4) is 0 Å². The fraction of sp³-hybridized carbons (Fsp3) is 0.250. The Morgan fingerprint density at radius 1 is 1.12 bits per heavy atom. The molecule has 0 atom stereocenters. The Hall–Kier alpha value is -3.36. The number of aryl methyl sites for hydroxylation is 3. The predicted molar refractivity (Wildman–Crippen MR) is 91.7 cm³/mol. The molecule has 9 nitrogen and oxygen atoms in total. The first-order valence-electron chi connectivity index (χ1n) is 7.36. The first kappa shape index (κ1) is 18.0. The standard InChI is InChI=1S/C16H18N4O5/c1-7-4-8(2)12(9(3)5-7)18-10(21)6-25-15(23)13-11(17)14(22)20-16(24)19-13/h4-5H,6,17H2,1-3H3,(H,18,21)(H2,19,20,22,24). The molecule has 1 aromatic carbocycles. The first-order chi connectivity index (χ1) is 11.7. The van der Waals surface area contributed by atoms with Crippen LogP contribution in [-0.4, -0.2) is 28.5 Å². The Kier molecular flexibility index (Phi) is 5.06. The number of aromatic nitrogens is 2. The van der Waals surface area contributed by atoms with Gasteiger partial charge in [-0.15, -0.1) is 0 Å². The fourth-order valence-corrected chi connectivity index (χ4v) is 2.41. The van der Waals surface area contributed by atoms with Crippen molar-refractivity contribution in [3.05, 3.63) is 55.4 Å². The van der Waals surface area contributed by atoms with E-state index in [1.807, 2.05) is 37.9 Å². The molecule has 1 heterocycles. The number of carbonyl (C=O) groups excluding carboxylic acids is 2. The van der Waals surface area contributed by atoms with Gasteiger partial charge in [-0.25, -0.2) is 9.59 Å². The number of H-pyrrole nitrogens is 2. The molecule has 0 aliphatic heterocycles. The number of nitrogen functional groups attached to an aromatic ring is 1. The van der Waals surface area contributed by atoms with Gasteiger partial charge >= 0.3 is 11.7 Å². The van der Waals surface area contributed by atoms with E-state index in [1.54, 1.807) is 0 Å². The van der Waals surface area contributed by atoms with Crippen molar-refractivity contribution < 1.29 is 14.3 Å². The maximum Gasteiger partial charge on any atom is 0.357 e. The van der Waals surface area contributed by atoms with Gasteiger partial charge in [0.2, 0.25) is 0 Å². The minimum Gasteiger partial charge on any atom is -0.451 e. The molecule has 25 heavy (non-hydrogen) atoms. The molecule has 0 bridgehead atoms. The lowest BCUT2D eigenvalue weighted by molar-refractivity contribution is -0.119. The second-order valence-corrected chi connectivity index (χ2v) is 5.59. The summed E-state index contributed by atoms with van der Waals surface area (Å²) in [6.45, 7) is 5.05. The number of ether oxygens (including phenoxy) is 1. The zero-order valence-corrected chi connectivity index (χ0v) is 14.0. The van der Waals surface area contributed by atoms with Gasteiger partial charge in [0, 0.05) is 5.69 Å². The summed E-state index contributed by atoms with van der Waals surface area (Å²) in [5.74, 6) is -1.64. The summed E-state index contributed by atoms with van der Waals surface area (Å²) in [7, 11) is 0. The molecular formula is C16H18N4O5. The summed E-state index contributed by atoms with van der Waals surface area (Å²) in [6.07, 6.45) is 0. The average molecular weight is 346 g/mol. The van der Waals surface area contributed by atoms with Gasteiger partial charge in [-0.3, -0.25) is 19.6 Å². The van der Waals surface area contributed by atoms with Crippen LogP contribution in [0.3, 0.4) is 0 Å². The van der Waals surface area contributed by atoms with Gasteiger partial charge in [-0.2, -0.15) is 0 Å². The lowest BCUT2D eigenvalue weighted by atomic mass is 10.1. The van der Waals surface area contributed by atoms with Crippen molar-refractivity contribution >= 4 is 23.3 Å². The van der Waals surface area contributed by atoms with E-state index in [1.165, 1.54) is 0 Å².